The number of aromatic nitrogens is 1. The molecule has 0 saturated heterocycles. The van der Waals surface area contributed by atoms with Crippen LogP contribution in [0.2, 0.25) is 0 Å². The van der Waals surface area contributed by atoms with Crippen molar-refractivity contribution in [3.05, 3.63) is 52.4 Å². The van der Waals surface area contributed by atoms with E-state index in [0.29, 0.717) is 16.0 Å². The summed E-state index contributed by atoms with van der Waals surface area (Å²) >= 11 is 3.27. The normalized spacial score (nSPS) is 10.1. The third-order valence-corrected chi connectivity index (χ3v) is 2.89. The first kappa shape index (κ1) is 12.5. The fraction of sp³-hybridized carbons (Fsp3) is 0. The monoisotopic (exact) mass is 310 g/mol. The fourth-order valence-corrected chi connectivity index (χ4v) is 1.67. The number of rotatable bonds is 3. The Labute approximate surface area is 111 Å². The van der Waals surface area contributed by atoms with Gasteiger partial charge in [-0.15, -0.1) is 0 Å². The summed E-state index contributed by atoms with van der Waals surface area (Å²) in [6, 6.07) is 7.15. The van der Waals surface area contributed by atoms with E-state index in [-0.39, 0.29) is 11.4 Å². The van der Waals surface area contributed by atoms with Crippen molar-refractivity contribution < 1.29 is 14.3 Å². The second kappa shape index (κ2) is 5.14. The number of nitrogens with zero attached hydrogens (tertiary/aromatic N) is 1. The number of carbonyl (C=O) groups is 1. The summed E-state index contributed by atoms with van der Waals surface area (Å²) in [4.78, 5) is 14.6. The molecule has 1 aromatic carbocycles. The smallest absolute Gasteiger partial charge is 0.337 e. The van der Waals surface area contributed by atoms with Crippen molar-refractivity contribution in [2.45, 2.75) is 0 Å². The Morgan fingerprint density at radius 3 is 2.72 bits per heavy atom. The maximum absolute atomic E-state index is 13.1. The second-order valence-electron chi connectivity index (χ2n) is 3.49. The number of nitrogens with one attached hydrogen (secondary N) is 1. The quantitative estimate of drug-likeness (QED) is 0.911. The van der Waals surface area contributed by atoms with Gasteiger partial charge >= 0.3 is 5.97 Å². The van der Waals surface area contributed by atoms with Crippen molar-refractivity contribution in [3.8, 4) is 0 Å². The van der Waals surface area contributed by atoms with Crippen LogP contribution in [-0.2, 0) is 0 Å². The van der Waals surface area contributed by atoms with E-state index < -0.39 is 5.97 Å². The maximum atomic E-state index is 13.1. The third kappa shape index (κ3) is 2.84. The van der Waals surface area contributed by atoms with Gasteiger partial charge < -0.3 is 10.4 Å². The minimum atomic E-state index is -1.04. The Bertz CT molecular complexity index is 587. The minimum absolute atomic E-state index is 0.0962. The predicted octanol–water partition coefficient (Wildman–Crippen LogP) is 3.43. The molecule has 0 unspecified atom stereocenters. The summed E-state index contributed by atoms with van der Waals surface area (Å²) in [6.07, 6.45) is 1.23. The molecule has 0 aliphatic carbocycles. The van der Waals surface area contributed by atoms with Gasteiger partial charge in [-0.2, -0.15) is 0 Å². The van der Waals surface area contributed by atoms with Gasteiger partial charge in [-0.3, -0.25) is 0 Å². The van der Waals surface area contributed by atoms with Crippen molar-refractivity contribution in [1.82, 2.24) is 4.98 Å². The molecule has 2 rings (SSSR count). The Hall–Kier alpha value is -1.95. The van der Waals surface area contributed by atoms with Crippen LogP contribution in [0.3, 0.4) is 0 Å². The highest BCUT2D eigenvalue weighted by Crippen LogP contribution is 2.25. The zero-order valence-electron chi connectivity index (χ0n) is 9.02. The number of aromatic carboxylic acids is 1. The van der Waals surface area contributed by atoms with E-state index in [0.717, 1.165) is 0 Å². The summed E-state index contributed by atoms with van der Waals surface area (Å²) in [5.41, 5.74) is 0.615. The largest absolute Gasteiger partial charge is 0.478 e. The molecule has 0 radical (unpaired) electrons. The first-order valence-electron chi connectivity index (χ1n) is 4.97. The standard InChI is InChI=1S/C12H8BrFN2O2/c13-9-3-2-8(14)5-10(9)16-11-4-1-7(6-15-11)12(17)18/h1-6H,(H,15,16)(H,17,18). The maximum Gasteiger partial charge on any atom is 0.337 e. The lowest BCUT2D eigenvalue weighted by Gasteiger charge is -2.07. The highest BCUT2D eigenvalue weighted by atomic mass is 79.9. The Morgan fingerprint density at radius 2 is 2.11 bits per heavy atom. The zero-order chi connectivity index (χ0) is 13.1. The van der Waals surface area contributed by atoms with Crippen LogP contribution in [0.4, 0.5) is 15.9 Å². The average Bonchev–Trinajstić information content (AvgIpc) is 2.34. The summed E-state index contributed by atoms with van der Waals surface area (Å²) in [6.45, 7) is 0. The third-order valence-electron chi connectivity index (χ3n) is 2.20. The number of halogens is 2. The number of carboxylic acids is 1. The van der Waals surface area contributed by atoms with Gasteiger partial charge in [-0.25, -0.2) is 14.2 Å². The van der Waals surface area contributed by atoms with Crippen molar-refractivity contribution in [3.63, 3.8) is 0 Å². The van der Waals surface area contributed by atoms with Crippen LogP contribution in [0, 0.1) is 5.82 Å². The molecule has 0 fully saturated rings. The summed E-state index contributed by atoms with van der Waals surface area (Å²) < 4.78 is 13.7. The number of anilines is 2. The Kier molecular flexibility index (Phi) is 3.57. The van der Waals surface area contributed by atoms with Crippen LogP contribution < -0.4 is 5.32 Å². The lowest BCUT2D eigenvalue weighted by atomic mass is 10.2. The van der Waals surface area contributed by atoms with Gasteiger partial charge in [0.05, 0.1) is 11.3 Å². The molecule has 92 valence electrons. The van der Waals surface area contributed by atoms with Crippen LogP contribution in [0.1, 0.15) is 10.4 Å². The molecule has 0 atom stereocenters. The molecule has 0 aliphatic rings. The molecule has 1 aromatic heterocycles. The van der Waals surface area contributed by atoms with Crippen molar-refractivity contribution in [1.29, 1.82) is 0 Å². The van der Waals surface area contributed by atoms with Gasteiger partial charge in [0.25, 0.3) is 0 Å². The molecule has 0 amide bonds. The van der Waals surface area contributed by atoms with Crippen LogP contribution >= 0.6 is 15.9 Å². The zero-order valence-corrected chi connectivity index (χ0v) is 10.6. The predicted molar refractivity (Wildman–Crippen MR) is 68.6 cm³/mol. The van der Waals surface area contributed by atoms with Gasteiger partial charge in [0.1, 0.15) is 11.6 Å². The minimum Gasteiger partial charge on any atom is -0.478 e. The molecule has 0 bridgehead atoms. The van der Waals surface area contributed by atoms with Crippen molar-refractivity contribution in [2.75, 3.05) is 5.32 Å². The van der Waals surface area contributed by atoms with Crippen molar-refractivity contribution >= 4 is 33.4 Å². The van der Waals surface area contributed by atoms with Crippen LogP contribution in [0.5, 0.6) is 0 Å². The van der Waals surface area contributed by atoms with Gasteiger partial charge in [-0.1, -0.05) is 0 Å². The molecule has 6 heteroatoms. The highest BCUT2D eigenvalue weighted by molar-refractivity contribution is 9.10. The molecule has 4 nitrogen and oxygen atoms in total. The SMILES string of the molecule is O=C(O)c1ccc(Nc2cc(F)ccc2Br)nc1. The van der Waals surface area contributed by atoms with Crippen LogP contribution in [0.25, 0.3) is 0 Å². The molecule has 0 saturated carbocycles. The topological polar surface area (TPSA) is 62.2 Å². The fourth-order valence-electron chi connectivity index (χ4n) is 1.33. The molecule has 0 aliphatic heterocycles. The Morgan fingerprint density at radius 1 is 1.33 bits per heavy atom. The van der Waals surface area contributed by atoms with E-state index >= 15 is 0 Å². The van der Waals surface area contributed by atoms with E-state index in [1.807, 2.05) is 0 Å². The molecule has 2 N–H and O–H groups in total. The molecule has 2 aromatic rings. The van der Waals surface area contributed by atoms with Crippen LogP contribution in [-0.4, -0.2) is 16.1 Å². The molecule has 18 heavy (non-hydrogen) atoms. The van der Waals surface area contributed by atoms with E-state index in [2.05, 4.69) is 26.2 Å². The number of hydrogen-bond donors (Lipinski definition) is 2. The lowest BCUT2D eigenvalue weighted by molar-refractivity contribution is 0.0696. The van der Waals surface area contributed by atoms with E-state index in [4.69, 9.17) is 5.11 Å². The summed E-state index contributed by atoms with van der Waals surface area (Å²) in [5, 5.41) is 11.6. The first-order chi connectivity index (χ1) is 8.56. The number of hydrogen-bond acceptors (Lipinski definition) is 3. The van der Waals surface area contributed by atoms with Gasteiger partial charge in [0.15, 0.2) is 0 Å². The van der Waals surface area contributed by atoms with Gasteiger partial charge in [0.2, 0.25) is 0 Å². The highest BCUT2D eigenvalue weighted by Gasteiger charge is 2.05. The molecule has 1 heterocycles. The van der Waals surface area contributed by atoms with Gasteiger partial charge in [0, 0.05) is 10.7 Å². The second-order valence-corrected chi connectivity index (χ2v) is 4.34. The summed E-state index contributed by atoms with van der Waals surface area (Å²) in [5.74, 6) is -0.977. The van der Waals surface area contributed by atoms with E-state index in [1.165, 1.54) is 30.5 Å². The van der Waals surface area contributed by atoms with Gasteiger partial charge in [-0.05, 0) is 46.3 Å². The molecule has 0 spiro atoms. The van der Waals surface area contributed by atoms with E-state index in [1.54, 1.807) is 6.07 Å². The lowest BCUT2D eigenvalue weighted by Crippen LogP contribution is -1.99. The molecular weight excluding hydrogens is 303 g/mol. The average molecular weight is 311 g/mol. The number of carboxylic acid groups (broad SMARTS) is 1. The van der Waals surface area contributed by atoms with Crippen molar-refractivity contribution in [2.24, 2.45) is 0 Å². The van der Waals surface area contributed by atoms with E-state index in [9.17, 15) is 9.18 Å². The summed E-state index contributed by atoms with van der Waals surface area (Å²) in [7, 11) is 0. The number of benzene rings is 1. The molecular formula is C12H8BrFN2O2. The number of pyridine rings is 1. The van der Waals surface area contributed by atoms with Crippen LogP contribution in [0.15, 0.2) is 41.0 Å². The first-order valence-corrected chi connectivity index (χ1v) is 5.77. The Balaban J connectivity index is 2.23.